The molecule has 1 saturated heterocycles. The highest BCUT2D eigenvalue weighted by Crippen LogP contribution is 2.16. The minimum atomic E-state index is -0.919. The van der Waals surface area contributed by atoms with Gasteiger partial charge in [-0.05, 0) is 25.8 Å². The van der Waals surface area contributed by atoms with E-state index in [4.69, 9.17) is 9.84 Å². The van der Waals surface area contributed by atoms with Crippen molar-refractivity contribution in [1.29, 1.82) is 0 Å². The Hall–Kier alpha value is -1.40. The Morgan fingerprint density at radius 2 is 2.47 bits per heavy atom. The molecule has 1 aromatic heterocycles. The fourth-order valence-electron chi connectivity index (χ4n) is 2.54. The molecule has 1 fully saturated rings. The van der Waals surface area contributed by atoms with Crippen LogP contribution in [-0.2, 0) is 18.3 Å². The summed E-state index contributed by atoms with van der Waals surface area (Å²) < 4.78 is 7.10. The highest BCUT2D eigenvalue weighted by atomic mass is 16.5. The largest absolute Gasteiger partial charge is 0.478 e. The summed E-state index contributed by atoms with van der Waals surface area (Å²) in [7, 11) is 3.78. The van der Waals surface area contributed by atoms with Gasteiger partial charge in [0.15, 0.2) is 0 Å². The van der Waals surface area contributed by atoms with E-state index >= 15 is 0 Å². The van der Waals surface area contributed by atoms with E-state index in [0.717, 1.165) is 31.9 Å². The molecule has 6 heteroatoms. The van der Waals surface area contributed by atoms with E-state index in [1.165, 1.54) is 12.6 Å². The van der Waals surface area contributed by atoms with Crippen molar-refractivity contribution in [2.24, 2.45) is 13.0 Å². The fourth-order valence-corrected chi connectivity index (χ4v) is 2.54. The van der Waals surface area contributed by atoms with Crippen LogP contribution in [0.3, 0.4) is 0 Å². The minimum absolute atomic E-state index is 0.286. The molecule has 1 atom stereocenters. The van der Waals surface area contributed by atoms with Crippen molar-refractivity contribution in [1.82, 2.24) is 14.7 Å². The zero-order valence-electron chi connectivity index (χ0n) is 11.5. The van der Waals surface area contributed by atoms with Gasteiger partial charge in [-0.15, -0.1) is 0 Å². The van der Waals surface area contributed by atoms with E-state index < -0.39 is 5.97 Å². The highest BCUT2D eigenvalue weighted by molar-refractivity contribution is 5.88. The lowest BCUT2D eigenvalue weighted by Crippen LogP contribution is -2.31. The molecule has 106 valence electrons. The van der Waals surface area contributed by atoms with Crippen LogP contribution >= 0.6 is 0 Å². The van der Waals surface area contributed by atoms with E-state index in [9.17, 15) is 4.79 Å². The third-order valence-electron chi connectivity index (χ3n) is 3.54. The van der Waals surface area contributed by atoms with E-state index in [1.807, 2.05) is 7.05 Å². The molecule has 0 amide bonds. The van der Waals surface area contributed by atoms with Crippen molar-refractivity contribution in [2.45, 2.75) is 19.4 Å². The molecule has 0 spiro atoms. The first-order chi connectivity index (χ1) is 9.08. The van der Waals surface area contributed by atoms with Gasteiger partial charge in [-0.25, -0.2) is 4.79 Å². The van der Waals surface area contributed by atoms with Crippen LogP contribution in [0.15, 0.2) is 6.20 Å². The summed E-state index contributed by atoms with van der Waals surface area (Å²) >= 11 is 0. The second kappa shape index (κ2) is 6.16. The van der Waals surface area contributed by atoms with Gasteiger partial charge in [0, 0.05) is 26.7 Å². The molecule has 1 aliphatic heterocycles. The van der Waals surface area contributed by atoms with Crippen LogP contribution in [0.1, 0.15) is 28.9 Å². The molecule has 2 rings (SSSR count). The minimum Gasteiger partial charge on any atom is -0.478 e. The molecule has 1 N–H and O–H groups in total. The zero-order valence-corrected chi connectivity index (χ0v) is 11.5. The lowest BCUT2D eigenvalue weighted by Gasteiger charge is -2.27. The average molecular weight is 267 g/mol. The average Bonchev–Trinajstić information content (AvgIpc) is 2.72. The maximum atomic E-state index is 11.1. The normalized spacial score (nSPS) is 19.8. The van der Waals surface area contributed by atoms with Crippen molar-refractivity contribution in [2.75, 3.05) is 26.8 Å². The van der Waals surface area contributed by atoms with E-state index in [1.54, 1.807) is 11.7 Å². The summed E-state index contributed by atoms with van der Waals surface area (Å²) in [5.74, 6) is -0.377. The molecule has 2 heterocycles. The quantitative estimate of drug-likeness (QED) is 0.861. The first-order valence-electron chi connectivity index (χ1n) is 6.58. The van der Waals surface area contributed by atoms with Crippen molar-refractivity contribution >= 4 is 5.97 Å². The molecule has 0 bridgehead atoms. The van der Waals surface area contributed by atoms with Crippen LogP contribution in [-0.4, -0.2) is 52.6 Å². The monoisotopic (exact) mass is 267 g/mol. The van der Waals surface area contributed by atoms with Crippen LogP contribution in [0.2, 0.25) is 0 Å². The highest BCUT2D eigenvalue weighted by Gasteiger charge is 2.19. The molecule has 1 aliphatic rings. The number of carboxylic acid groups (broad SMARTS) is 1. The summed E-state index contributed by atoms with van der Waals surface area (Å²) in [6.45, 7) is 3.19. The summed E-state index contributed by atoms with van der Waals surface area (Å²) in [5, 5.41) is 13.1. The third kappa shape index (κ3) is 3.54. The molecule has 0 radical (unpaired) electrons. The van der Waals surface area contributed by atoms with Crippen molar-refractivity contribution in [3.8, 4) is 0 Å². The van der Waals surface area contributed by atoms with Gasteiger partial charge in [0.2, 0.25) is 0 Å². The number of hydrogen-bond acceptors (Lipinski definition) is 4. The Balaban J connectivity index is 1.96. The SMILES string of the molecule is CN(Cc1c(C(=O)O)cnn1C)CC1CCCOC1. The summed E-state index contributed by atoms with van der Waals surface area (Å²) in [6.07, 6.45) is 3.71. The Labute approximate surface area is 113 Å². The van der Waals surface area contributed by atoms with Gasteiger partial charge in [-0.1, -0.05) is 0 Å². The first-order valence-corrected chi connectivity index (χ1v) is 6.58. The van der Waals surface area contributed by atoms with Crippen molar-refractivity contribution < 1.29 is 14.6 Å². The van der Waals surface area contributed by atoms with Crippen LogP contribution in [0.25, 0.3) is 0 Å². The molecule has 1 aromatic rings. The first kappa shape index (κ1) is 14.0. The molecule has 0 aromatic carbocycles. The molecular formula is C13H21N3O3. The van der Waals surface area contributed by atoms with E-state index in [0.29, 0.717) is 12.5 Å². The number of aromatic nitrogens is 2. The second-order valence-electron chi connectivity index (χ2n) is 5.21. The van der Waals surface area contributed by atoms with Gasteiger partial charge in [-0.3, -0.25) is 4.68 Å². The van der Waals surface area contributed by atoms with Gasteiger partial charge in [0.05, 0.1) is 18.5 Å². The lowest BCUT2D eigenvalue weighted by atomic mass is 10.0. The Kier molecular flexibility index (Phi) is 4.55. The molecular weight excluding hydrogens is 246 g/mol. The van der Waals surface area contributed by atoms with Crippen LogP contribution in [0, 0.1) is 5.92 Å². The van der Waals surface area contributed by atoms with Gasteiger partial charge >= 0.3 is 5.97 Å². The standard InChI is InChI=1S/C13H21N3O3/c1-15(7-10-4-3-5-19-9-10)8-12-11(13(17)18)6-14-16(12)2/h6,10H,3-5,7-9H2,1-2H3,(H,17,18). The van der Waals surface area contributed by atoms with Crippen molar-refractivity contribution in [3.05, 3.63) is 17.5 Å². The second-order valence-corrected chi connectivity index (χ2v) is 5.21. The Morgan fingerprint density at radius 1 is 1.68 bits per heavy atom. The van der Waals surface area contributed by atoms with Crippen LogP contribution < -0.4 is 0 Å². The third-order valence-corrected chi connectivity index (χ3v) is 3.54. The summed E-state index contributed by atoms with van der Waals surface area (Å²) in [6, 6.07) is 0. The number of aryl methyl sites for hydroxylation is 1. The van der Waals surface area contributed by atoms with E-state index in [2.05, 4.69) is 10.00 Å². The predicted molar refractivity (Wildman–Crippen MR) is 70.0 cm³/mol. The number of carboxylic acids is 1. The Morgan fingerprint density at radius 3 is 3.11 bits per heavy atom. The molecule has 1 unspecified atom stereocenters. The van der Waals surface area contributed by atoms with Gasteiger partial charge < -0.3 is 14.7 Å². The number of hydrogen-bond donors (Lipinski definition) is 1. The number of nitrogens with zero attached hydrogens (tertiary/aromatic N) is 3. The molecule has 0 aliphatic carbocycles. The van der Waals surface area contributed by atoms with Gasteiger partial charge in [0.1, 0.15) is 5.56 Å². The van der Waals surface area contributed by atoms with Crippen molar-refractivity contribution in [3.63, 3.8) is 0 Å². The zero-order chi connectivity index (χ0) is 13.8. The summed E-state index contributed by atoms with van der Waals surface area (Å²) in [4.78, 5) is 13.3. The Bertz CT molecular complexity index is 438. The molecule has 0 saturated carbocycles. The predicted octanol–water partition coefficient (Wildman–Crippen LogP) is 0.977. The number of aromatic carboxylic acids is 1. The van der Waals surface area contributed by atoms with Gasteiger partial charge in [0.25, 0.3) is 0 Å². The topological polar surface area (TPSA) is 67.6 Å². The number of rotatable bonds is 5. The maximum Gasteiger partial charge on any atom is 0.339 e. The lowest BCUT2D eigenvalue weighted by molar-refractivity contribution is 0.0407. The number of carbonyl (C=O) groups is 1. The fraction of sp³-hybridized carbons (Fsp3) is 0.692. The smallest absolute Gasteiger partial charge is 0.339 e. The molecule has 6 nitrogen and oxygen atoms in total. The molecule has 19 heavy (non-hydrogen) atoms. The number of ether oxygens (including phenoxy) is 1. The van der Waals surface area contributed by atoms with Crippen LogP contribution in [0.5, 0.6) is 0 Å². The summed E-state index contributed by atoms with van der Waals surface area (Å²) in [5.41, 5.74) is 1.03. The van der Waals surface area contributed by atoms with E-state index in [-0.39, 0.29) is 5.56 Å². The van der Waals surface area contributed by atoms with Crippen LogP contribution in [0.4, 0.5) is 0 Å². The van der Waals surface area contributed by atoms with Gasteiger partial charge in [-0.2, -0.15) is 5.10 Å². The maximum absolute atomic E-state index is 11.1.